The summed E-state index contributed by atoms with van der Waals surface area (Å²) < 4.78 is 0. The first kappa shape index (κ1) is 15.1. The lowest BCUT2D eigenvalue weighted by Crippen LogP contribution is -2.29. The molecule has 3 rings (SSSR count). The first-order valence-electron chi connectivity index (χ1n) is 7.15. The predicted molar refractivity (Wildman–Crippen MR) is 92.9 cm³/mol. The third kappa shape index (κ3) is 3.69. The molecule has 3 aromatic carbocycles. The molecule has 23 heavy (non-hydrogen) atoms. The van der Waals surface area contributed by atoms with Gasteiger partial charge in [-0.3, -0.25) is 0 Å². The summed E-state index contributed by atoms with van der Waals surface area (Å²) in [6.07, 6.45) is 0. The number of carbonyl (C=O) groups is 1. The molecule has 0 spiro atoms. The second-order valence-electron chi connectivity index (χ2n) is 5.14. The molecule has 0 fully saturated rings. The van der Waals surface area contributed by atoms with Crippen molar-refractivity contribution in [1.82, 2.24) is 0 Å². The van der Waals surface area contributed by atoms with Crippen LogP contribution in [0, 0.1) is 0 Å². The van der Waals surface area contributed by atoms with Gasteiger partial charge in [0.1, 0.15) is 0 Å². The van der Waals surface area contributed by atoms with Gasteiger partial charge in [0, 0.05) is 11.4 Å². The standard InChI is InChI=1S/C17H15BN2O3/c21-17(19-15-9-6-14(7-10-15)18(22)23)20-16-8-5-12-3-1-2-4-13(12)11-16/h1-11,22-23H,(H2,19,20,21). The zero-order valence-corrected chi connectivity index (χ0v) is 12.2. The smallest absolute Gasteiger partial charge is 0.423 e. The van der Waals surface area contributed by atoms with Crippen molar-refractivity contribution in [2.24, 2.45) is 0 Å². The molecule has 0 saturated heterocycles. The Labute approximate surface area is 133 Å². The summed E-state index contributed by atoms with van der Waals surface area (Å²) >= 11 is 0. The Bertz CT molecular complexity index is 835. The van der Waals surface area contributed by atoms with Gasteiger partial charge in [0.15, 0.2) is 0 Å². The van der Waals surface area contributed by atoms with Crippen molar-refractivity contribution in [3.63, 3.8) is 0 Å². The third-order valence-electron chi connectivity index (χ3n) is 3.47. The number of amides is 2. The highest BCUT2D eigenvalue weighted by Crippen LogP contribution is 2.19. The Balaban J connectivity index is 1.68. The fraction of sp³-hybridized carbons (Fsp3) is 0. The average molecular weight is 306 g/mol. The number of rotatable bonds is 3. The summed E-state index contributed by atoms with van der Waals surface area (Å²) in [5.41, 5.74) is 1.63. The normalized spacial score (nSPS) is 10.3. The van der Waals surface area contributed by atoms with E-state index in [0.717, 1.165) is 10.8 Å². The van der Waals surface area contributed by atoms with Gasteiger partial charge < -0.3 is 20.7 Å². The zero-order chi connectivity index (χ0) is 16.2. The summed E-state index contributed by atoms with van der Waals surface area (Å²) in [6, 6.07) is 19.5. The van der Waals surface area contributed by atoms with E-state index < -0.39 is 7.12 Å². The van der Waals surface area contributed by atoms with Crippen LogP contribution in [-0.2, 0) is 0 Å². The van der Waals surface area contributed by atoms with Crippen LogP contribution in [0.1, 0.15) is 0 Å². The fourth-order valence-corrected chi connectivity index (χ4v) is 2.30. The maximum Gasteiger partial charge on any atom is 0.488 e. The lowest BCUT2D eigenvalue weighted by molar-refractivity contribution is 0.262. The summed E-state index contributed by atoms with van der Waals surface area (Å²) in [5, 5.41) is 25.7. The number of urea groups is 1. The molecule has 0 aromatic heterocycles. The van der Waals surface area contributed by atoms with E-state index in [4.69, 9.17) is 10.0 Å². The van der Waals surface area contributed by atoms with Gasteiger partial charge in [-0.1, -0.05) is 42.5 Å². The number of hydrogen-bond donors (Lipinski definition) is 4. The van der Waals surface area contributed by atoms with Gasteiger partial charge in [-0.25, -0.2) is 4.79 Å². The van der Waals surface area contributed by atoms with Gasteiger partial charge in [-0.2, -0.15) is 0 Å². The molecular weight excluding hydrogens is 291 g/mol. The highest BCUT2D eigenvalue weighted by atomic mass is 16.4. The van der Waals surface area contributed by atoms with Crippen molar-refractivity contribution in [3.8, 4) is 0 Å². The number of benzene rings is 3. The monoisotopic (exact) mass is 306 g/mol. The second-order valence-corrected chi connectivity index (χ2v) is 5.14. The first-order chi connectivity index (χ1) is 11.1. The van der Waals surface area contributed by atoms with E-state index >= 15 is 0 Å². The van der Waals surface area contributed by atoms with Gasteiger partial charge in [0.05, 0.1) is 0 Å². The number of fused-ring (bicyclic) bond motifs is 1. The van der Waals surface area contributed by atoms with E-state index in [9.17, 15) is 4.79 Å². The third-order valence-corrected chi connectivity index (χ3v) is 3.47. The molecule has 6 heteroatoms. The molecule has 0 bridgehead atoms. The molecule has 114 valence electrons. The van der Waals surface area contributed by atoms with Crippen LogP contribution in [-0.4, -0.2) is 23.2 Å². The van der Waals surface area contributed by atoms with Crippen LogP contribution in [0.2, 0.25) is 0 Å². The fourth-order valence-electron chi connectivity index (χ4n) is 2.30. The average Bonchev–Trinajstić information content (AvgIpc) is 2.55. The Hall–Kier alpha value is -2.83. The minimum atomic E-state index is -1.52. The molecule has 0 heterocycles. The van der Waals surface area contributed by atoms with Gasteiger partial charge >= 0.3 is 13.1 Å². The first-order valence-corrected chi connectivity index (χ1v) is 7.15. The molecule has 4 N–H and O–H groups in total. The molecule has 5 nitrogen and oxygen atoms in total. The minimum absolute atomic E-state index is 0.363. The van der Waals surface area contributed by atoms with E-state index in [1.165, 1.54) is 12.1 Å². The van der Waals surface area contributed by atoms with Crippen LogP contribution in [0.4, 0.5) is 16.2 Å². The van der Waals surface area contributed by atoms with Crippen LogP contribution in [0.15, 0.2) is 66.7 Å². The molecule has 0 radical (unpaired) electrons. The largest absolute Gasteiger partial charge is 0.488 e. The van der Waals surface area contributed by atoms with Gasteiger partial charge in [0.2, 0.25) is 0 Å². The lowest BCUT2D eigenvalue weighted by Gasteiger charge is -2.09. The maximum absolute atomic E-state index is 12.0. The lowest BCUT2D eigenvalue weighted by atomic mass is 9.80. The van der Waals surface area contributed by atoms with Crippen LogP contribution in [0.3, 0.4) is 0 Å². The van der Waals surface area contributed by atoms with E-state index in [1.807, 2.05) is 42.5 Å². The summed E-state index contributed by atoms with van der Waals surface area (Å²) in [7, 11) is -1.52. The van der Waals surface area contributed by atoms with E-state index in [2.05, 4.69) is 10.6 Å². The number of anilines is 2. The second kappa shape index (κ2) is 6.52. The summed E-state index contributed by atoms with van der Waals surface area (Å²) in [5.74, 6) is 0. The predicted octanol–water partition coefficient (Wildman–Crippen LogP) is 2.16. The maximum atomic E-state index is 12.0. The number of nitrogens with one attached hydrogen (secondary N) is 2. The summed E-state index contributed by atoms with van der Waals surface area (Å²) in [6.45, 7) is 0. The Morgan fingerprint density at radius 3 is 2.09 bits per heavy atom. The van der Waals surface area contributed by atoms with Crippen LogP contribution in [0.25, 0.3) is 10.8 Å². The molecule has 3 aromatic rings. The molecule has 0 aliphatic heterocycles. The van der Waals surface area contributed by atoms with Crippen molar-refractivity contribution in [2.75, 3.05) is 10.6 Å². The van der Waals surface area contributed by atoms with Crippen molar-refractivity contribution in [2.45, 2.75) is 0 Å². The highest BCUT2D eigenvalue weighted by molar-refractivity contribution is 6.58. The number of carbonyl (C=O) groups excluding carboxylic acids is 1. The van der Waals surface area contributed by atoms with Gasteiger partial charge in [0.25, 0.3) is 0 Å². The van der Waals surface area contributed by atoms with E-state index in [0.29, 0.717) is 16.8 Å². The van der Waals surface area contributed by atoms with Gasteiger partial charge in [-0.15, -0.1) is 0 Å². The zero-order valence-electron chi connectivity index (χ0n) is 12.2. The summed E-state index contributed by atoms with van der Waals surface area (Å²) in [4.78, 5) is 12.0. The van der Waals surface area contributed by atoms with Gasteiger partial charge in [-0.05, 0) is 40.5 Å². The molecular formula is C17H15BN2O3. The topological polar surface area (TPSA) is 81.6 Å². The molecule has 0 saturated carbocycles. The quantitative estimate of drug-likeness (QED) is 0.560. The molecule has 0 aliphatic carbocycles. The minimum Gasteiger partial charge on any atom is -0.423 e. The van der Waals surface area contributed by atoms with Crippen LogP contribution in [0.5, 0.6) is 0 Å². The Morgan fingerprint density at radius 2 is 1.39 bits per heavy atom. The molecule has 0 aliphatic rings. The van der Waals surface area contributed by atoms with Crippen molar-refractivity contribution < 1.29 is 14.8 Å². The van der Waals surface area contributed by atoms with E-state index in [1.54, 1.807) is 12.1 Å². The SMILES string of the molecule is O=C(Nc1ccc(B(O)O)cc1)Nc1ccc2ccccc2c1. The van der Waals surface area contributed by atoms with E-state index in [-0.39, 0.29) is 6.03 Å². The van der Waals surface area contributed by atoms with Crippen LogP contribution >= 0.6 is 0 Å². The van der Waals surface area contributed by atoms with Crippen LogP contribution < -0.4 is 16.1 Å². The Kier molecular flexibility index (Phi) is 4.27. The van der Waals surface area contributed by atoms with Crippen molar-refractivity contribution in [1.29, 1.82) is 0 Å². The van der Waals surface area contributed by atoms with Crippen molar-refractivity contribution >= 4 is 40.8 Å². The van der Waals surface area contributed by atoms with Crippen molar-refractivity contribution in [3.05, 3.63) is 66.7 Å². The number of hydrogen-bond acceptors (Lipinski definition) is 3. The Morgan fingerprint density at radius 1 is 0.783 bits per heavy atom. The molecule has 0 atom stereocenters. The molecule has 0 unspecified atom stereocenters. The molecule has 2 amide bonds. The highest BCUT2D eigenvalue weighted by Gasteiger charge is 2.10.